The summed E-state index contributed by atoms with van der Waals surface area (Å²) in [5.74, 6) is 0. The van der Waals surface area contributed by atoms with Gasteiger partial charge in [-0.15, -0.1) is 6.32 Å². The summed E-state index contributed by atoms with van der Waals surface area (Å²) in [4.78, 5) is 0. The molecule has 1 radical (unpaired) electrons. The van der Waals surface area contributed by atoms with E-state index in [-0.39, 0.29) is 0 Å². The molecule has 0 unspecified atom stereocenters. The molecule has 4 nitrogen and oxygen atoms in total. The average molecular weight is 329 g/mol. The molecule has 0 saturated heterocycles. The molecule has 0 saturated carbocycles. The molecule has 0 spiro atoms. The molecule has 0 N–H and O–H groups in total. The molecule has 0 bridgehead atoms. The molecule has 0 aliphatic carbocycles. The van der Waals surface area contributed by atoms with Gasteiger partial charge in [-0.05, 0) is 24.6 Å². The Labute approximate surface area is 140 Å². The third-order valence-corrected chi connectivity index (χ3v) is 5.22. The van der Waals surface area contributed by atoms with Crippen LogP contribution in [0.3, 0.4) is 0 Å². The summed E-state index contributed by atoms with van der Waals surface area (Å²) in [6.45, 7) is -0.966. The van der Waals surface area contributed by atoms with Crippen molar-refractivity contribution in [2.24, 2.45) is 14.1 Å². The van der Waals surface area contributed by atoms with Crippen molar-refractivity contribution in [2.45, 2.75) is 6.32 Å². The molecule has 0 amide bonds. The Balaban J connectivity index is 2.10. The normalized spacial score (nSPS) is 12.5. The lowest BCUT2D eigenvalue weighted by molar-refractivity contribution is 0.848. The molecule has 7 heteroatoms. The number of hydrogen-bond donors (Lipinski definition) is 0. The molecule has 0 atom stereocenters. The number of aromatic nitrogens is 4. The third-order valence-electron chi connectivity index (χ3n) is 4.18. The fraction of sp³-hybridized carbons (Fsp3) is 0.200. The fourth-order valence-electron chi connectivity index (χ4n) is 2.88. The molecule has 22 heavy (non-hydrogen) atoms. The van der Waals surface area contributed by atoms with Gasteiger partial charge >= 0.3 is 17.0 Å². The van der Waals surface area contributed by atoms with Crippen LogP contribution in [0.4, 0.5) is 0 Å². The van der Waals surface area contributed by atoms with E-state index in [0.717, 1.165) is 15.9 Å². The van der Waals surface area contributed by atoms with Crippen LogP contribution in [0.2, 0.25) is 0 Å². The number of aryl methyl sites for hydroxylation is 2. The highest BCUT2D eigenvalue weighted by Crippen LogP contribution is 2.09. The number of rotatable bonds is 4. The summed E-state index contributed by atoms with van der Waals surface area (Å²) >= 11 is 11.1. The summed E-state index contributed by atoms with van der Waals surface area (Å²) in [6, 6.07) is 10.5. The van der Waals surface area contributed by atoms with E-state index in [1.807, 2.05) is 41.7 Å². The first kappa shape index (κ1) is 15.1. The first-order chi connectivity index (χ1) is 10.6. The molecule has 3 rings (SSSR count). The van der Waals surface area contributed by atoms with Gasteiger partial charge in [0.2, 0.25) is 0 Å². The van der Waals surface area contributed by atoms with Crippen molar-refractivity contribution >= 4 is 31.4 Å². The summed E-state index contributed by atoms with van der Waals surface area (Å²) in [5, 5.41) is 0. The maximum atomic E-state index is 5.56. The van der Waals surface area contributed by atoms with E-state index in [9.17, 15) is 0 Å². The summed E-state index contributed by atoms with van der Waals surface area (Å²) < 4.78 is 9.93. The zero-order valence-electron chi connectivity index (χ0n) is 12.7. The summed E-state index contributed by atoms with van der Waals surface area (Å²) in [5.41, 5.74) is 1.29. The minimum atomic E-state index is -0.966. The molecular weight excluding hydrogens is 311 g/mol. The molecular formula is C15H18BN4S2. The number of nitrogens with zero attached hydrogens (tertiary/aromatic N) is 4. The molecule has 2 aromatic heterocycles. The van der Waals surface area contributed by atoms with Gasteiger partial charge in [0.15, 0.2) is 6.98 Å². The van der Waals surface area contributed by atoms with Gasteiger partial charge in [0.1, 0.15) is 4.77 Å². The standard InChI is InChI=1S/C15H18BN4S2/c1-17-8-10-19(14(17)21)16(12-13-6-4-3-5-7-13)20-11-9-18(2)15(20)22/h3-11,16H,12H2,1-2H3. The van der Waals surface area contributed by atoms with Gasteiger partial charge in [-0.2, -0.15) is 0 Å². The quantitative estimate of drug-likeness (QED) is 0.415. The highest BCUT2D eigenvalue weighted by atomic mass is 32.1. The van der Waals surface area contributed by atoms with E-state index in [1.54, 1.807) is 0 Å². The van der Waals surface area contributed by atoms with Gasteiger partial charge in [-0.3, -0.25) is 4.57 Å². The lowest BCUT2D eigenvalue weighted by Crippen LogP contribution is -2.36. The van der Waals surface area contributed by atoms with Crippen LogP contribution < -0.4 is 0 Å². The first-order valence-electron chi connectivity index (χ1n) is 7.29. The second kappa shape index (κ2) is 6.10. The highest BCUT2D eigenvalue weighted by molar-refractivity contribution is 7.71. The zero-order chi connectivity index (χ0) is 15.7. The van der Waals surface area contributed by atoms with E-state index in [4.69, 9.17) is 24.4 Å². The number of benzene rings is 1. The van der Waals surface area contributed by atoms with Crippen LogP contribution in [0, 0.1) is 9.54 Å². The van der Waals surface area contributed by atoms with Crippen LogP contribution in [0.25, 0.3) is 0 Å². The predicted molar refractivity (Wildman–Crippen MR) is 96.3 cm³/mol. The van der Waals surface area contributed by atoms with Crippen molar-refractivity contribution in [3.8, 4) is 0 Å². The van der Waals surface area contributed by atoms with Gasteiger partial charge in [-0.1, -0.05) is 35.9 Å². The van der Waals surface area contributed by atoms with Crippen molar-refractivity contribution in [3.63, 3.8) is 0 Å². The van der Waals surface area contributed by atoms with Gasteiger partial charge in [-0.25, -0.2) is 0 Å². The summed E-state index contributed by atoms with van der Waals surface area (Å²) in [6.07, 6.45) is 9.03. The molecule has 3 aromatic rings. The van der Waals surface area contributed by atoms with Crippen molar-refractivity contribution < 1.29 is 0 Å². The van der Waals surface area contributed by atoms with E-state index in [0.29, 0.717) is 0 Å². The maximum Gasteiger partial charge on any atom is 0.574 e. The molecule has 0 aliphatic rings. The van der Waals surface area contributed by atoms with E-state index >= 15 is 0 Å². The SMILES string of the molecule is Cn1ccn([BH-](Cc2ccccc2)n2ccn(C)c2=[S+])c1=S. The lowest BCUT2D eigenvalue weighted by atomic mass is 9.69. The van der Waals surface area contributed by atoms with E-state index < -0.39 is 6.98 Å². The zero-order valence-corrected chi connectivity index (χ0v) is 14.3. The van der Waals surface area contributed by atoms with E-state index in [2.05, 4.69) is 45.6 Å². The smallest absolute Gasteiger partial charge is 0.482 e. The predicted octanol–water partition coefficient (Wildman–Crippen LogP) is 2.17. The summed E-state index contributed by atoms with van der Waals surface area (Å²) in [7, 11) is 3.95. The Morgan fingerprint density at radius 1 is 0.955 bits per heavy atom. The lowest BCUT2D eigenvalue weighted by Gasteiger charge is -2.26. The molecule has 1 aromatic carbocycles. The topological polar surface area (TPSA) is 19.7 Å². The largest absolute Gasteiger partial charge is 0.574 e. The van der Waals surface area contributed by atoms with Gasteiger partial charge in [0.05, 0.1) is 0 Å². The Hall–Kier alpha value is -1.86. The van der Waals surface area contributed by atoms with Crippen molar-refractivity contribution in [3.05, 3.63) is 70.2 Å². The van der Waals surface area contributed by atoms with Crippen molar-refractivity contribution in [2.75, 3.05) is 0 Å². The Morgan fingerprint density at radius 3 is 2.14 bits per heavy atom. The molecule has 0 fully saturated rings. The molecule has 2 heterocycles. The minimum absolute atomic E-state index is 0.821. The highest BCUT2D eigenvalue weighted by Gasteiger charge is 2.15. The Morgan fingerprint density at radius 2 is 1.59 bits per heavy atom. The Bertz CT molecular complexity index is 834. The molecule has 113 valence electrons. The molecule has 0 aliphatic heterocycles. The number of hydrogen-bond acceptors (Lipinski definition) is 2. The van der Waals surface area contributed by atoms with Crippen molar-refractivity contribution in [1.29, 1.82) is 0 Å². The van der Waals surface area contributed by atoms with Crippen LogP contribution in [0.1, 0.15) is 5.56 Å². The third kappa shape index (κ3) is 2.74. The van der Waals surface area contributed by atoms with Crippen LogP contribution >= 0.6 is 12.2 Å². The Kier molecular flexibility index (Phi) is 4.17. The van der Waals surface area contributed by atoms with Crippen LogP contribution in [-0.2, 0) is 32.6 Å². The second-order valence-electron chi connectivity index (χ2n) is 5.65. The first-order valence-corrected chi connectivity index (χ1v) is 8.11. The van der Waals surface area contributed by atoms with Gasteiger partial charge in [0.25, 0.3) is 0 Å². The van der Waals surface area contributed by atoms with Crippen LogP contribution in [0.15, 0.2) is 55.1 Å². The average Bonchev–Trinajstić information content (AvgIpc) is 3.03. The fourth-order valence-corrected chi connectivity index (χ4v) is 3.43. The minimum Gasteiger partial charge on any atom is -0.482 e. The monoisotopic (exact) mass is 329 g/mol. The van der Waals surface area contributed by atoms with Crippen LogP contribution in [0.5, 0.6) is 0 Å². The maximum absolute atomic E-state index is 5.56. The number of imidazole rings is 2. The second-order valence-corrected chi connectivity index (χ2v) is 6.38. The van der Waals surface area contributed by atoms with Crippen molar-refractivity contribution in [1.82, 2.24) is 18.1 Å². The van der Waals surface area contributed by atoms with Gasteiger partial charge in [0, 0.05) is 26.5 Å². The van der Waals surface area contributed by atoms with Gasteiger partial charge < -0.3 is 13.5 Å². The van der Waals surface area contributed by atoms with E-state index in [1.165, 1.54) is 5.56 Å². The van der Waals surface area contributed by atoms with Crippen LogP contribution in [-0.4, -0.2) is 25.1 Å².